The number of para-hydroxylation sites is 2. The van der Waals surface area contributed by atoms with Crippen LogP contribution in [0.5, 0.6) is 0 Å². The molecule has 2 heterocycles. The Bertz CT molecular complexity index is 2830. The van der Waals surface area contributed by atoms with E-state index in [1.165, 1.54) is 54.5 Å². The predicted octanol–water partition coefficient (Wildman–Crippen LogP) is 12.5. The van der Waals surface area contributed by atoms with E-state index in [4.69, 9.17) is 9.31 Å². The van der Waals surface area contributed by atoms with E-state index in [2.05, 4.69) is 213 Å². The summed E-state index contributed by atoms with van der Waals surface area (Å²) in [5, 5.41) is 7.26. The summed E-state index contributed by atoms with van der Waals surface area (Å²) >= 11 is 0. The number of benzene rings is 8. The lowest BCUT2D eigenvalue weighted by atomic mass is 9.78. The third-order valence-corrected chi connectivity index (χ3v) is 11.8. The Kier molecular flexibility index (Phi) is 7.74. The van der Waals surface area contributed by atoms with Gasteiger partial charge in [-0.25, -0.2) is 0 Å². The molecule has 1 aromatic heterocycles. The summed E-state index contributed by atoms with van der Waals surface area (Å²) in [6, 6.07) is 63.6. The van der Waals surface area contributed by atoms with Gasteiger partial charge in [-0.15, -0.1) is 0 Å². The van der Waals surface area contributed by atoms with Gasteiger partial charge >= 0.3 is 7.12 Å². The molecule has 0 radical (unpaired) electrons. The molecule has 0 bridgehead atoms. The second-order valence-electron chi connectivity index (χ2n) is 15.7. The van der Waals surface area contributed by atoms with Gasteiger partial charge in [0, 0.05) is 33.5 Å². The Labute approximate surface area is 322 Å². The van der Waals surface area contributed by atoms with Crippen molar-refractivity contribution in [1.29, 1.82) is 0 Å². The molecule has 10 rings (SSSR count). The third-order valence-electron chi connectivity index (χ3n) is 11.8. The van der Waals surface area contributed by atoms with E-state index in [1.54, 1.807) is 0 Å². The van der Waals surface area contributed by atoms with Crippen LogP contribution in [0.25, 0.3) is 60.2 Å². The standard InChI is InChI=1S/C50H41BN2O2/c1-49(2)50(3,4)55-51(54-49)38-25-29-43-36(31-38)21-22-37-32-42(28-30-44(37)43)52(39-26-23-35(24-27-39)34-13-6-5-7-14-34)40-15-12-16-41(33-40)53-47-19-10-8-17-45(47)46-18-9-11-20-48(46)53/h5-33H,1-4H3. The molecule has 8 aromatic carbocycles. The van der Waals surface area contributed by atoms with Crippen LogP contribution in [0.4, 0.5) is 17.1 Å². The first-order valence-corrected chi connectivity index (χ1v) is 19.1. The summed E-state index contributed by atoms with van der Waals surface area (Å²) < 4.78 is 15.2. The SMILES string of the molecule is CC1(C)OB(c2ccc3c(ccc4cc(N(c5ccc(-c6ccccc6)cc5)c5cccc(-n6c7ccccc7c7ccccc76)c5)ccc43)c2)OC1(C)C. The highest BCUT2D eigenvalue weighted by Gasteiger charge is 2.51. The van der Waals surface area contributed by atoms with Gasteiger partial charge in [0.1, 0.15) is 0 Å². The maximum Gasteiger partial charge on any atom is 0.494 e. The number of hydrogen-bond donors (Lipinski definition) is 0. The van der Waals surface area contributed by atoms with Gasteiger partial charge in [-0.1, -0.05) is 121 Å². The molecule has 266 valence electrons. The van der Waals surface area contributed by atoms with Gasteiger partial charge in [0.25, 0.3) is 0 Å². The molecule has 0 unspecified atom stereocenters. The average Bonchev–Trinajstić information content (AvgIpc) is 3.67. The molecule has 0 saturated carbocycles. The van der Waals surface area contributed by atoms with Crippen molar-refractivity contribution in [2.24, 2.45) is 0 Å². The van der Waals surface area contributed by atoms with Gasteiger partial charge in [0.05, 0.1) is 22.2 Å². The van der Waals surface area contributed by atoms with E-state index < -0.39 is 7.12 Å². The van der Waals surface area contributed by atoms with Crippen molar-refractivity contribution in [2.45, 2.75) is 38.9 Å². The van der Waals surface area contributed by atoms with E-state index in [-0.39, 0.29) is 11.2 Å². The monoisotopic (exact) mass is 712 g/mol. The Hall–Kier alpha value is -6.14. The highest BCUT2D eigenvalue weighted by atomic mass is 16.7. The minimum atomic E-state index is -0.396. The van der Waals surface area contributed by atoms with E-state index >= 15 is 0 Å². The molecule has 4 nitrogen and oxygen atoms in total. The van der Waals surface area contributed by atoms with Gasteiger partial charge < -0.3 is 18.8 Å². The number of hydrogen-bond acceptors (Lipinski definition) is 3. The van der Waals surface area contributed by atoms with Crippen molar-refractivity contribution >= 4 is 73.0 Å². The smallest absolute Gasteiger partial charge is 0.399 e. The molecule has 0 spiro atoms. The molecule has 0 atom stereocenters. The summed E-state index contributed by atoms with van der Waals surface area (Å²) in [6.45, 7) is 8.39. The first kappa shape index (κ1) is 33.4. The minimum absolute atomic E-state index is 0.386. The largest absolute Gasteiger partial charge is 0.494 e. The molecule has 1 fully saturated rings. The van der Waals surface area contributed by atoms with Crippen LogP contribution in [0.1, 0.15) is 27.7 Å². The Morgan fingerprint density at radius 3 is 1.65 bits per heavy atom. The summed E-state index contributed by atoms with van der Waals surface area (Å²) in [7, 11) is -0.396. The fraction of sp³-hybridized carbons (Fsp3) is 0.120. The van der Waals surface area contributed by atoms with E-state index in [9.17, 15) is 0 Å². The molecular formula is C50H41BN2O2. The highest BCUT2D eigenvalue weighted by molar-refractivity contribution is 6.62. The maximum absolute atomic E-state index is 6.39. The molecular weight excluding hydrogens is 671 g/mol. The Morgan fingerprint density at radius 2 is 0.982 bits per heavy atom. The molecule has 1 aliphatic rings. The molecule has 1 aliphatic heterocycles. The lowest BCUT2D eigenvalue weighted by molar-refractivity contribution is 0.00578. The second-order valence-corrected chi connectivity index (χ2v) is 15.7. The van der Waals surface area contributed by atoms with Crippen molar-refractivity contribution in [2.75, 3.05) is 4.90 Å². The first-order chi connectivity index (χ1) is 26.7. The normalized spacial score (nSPS) is 15.0. The molecule has 9 aromatic rings. The number of nitrogens with zero attached hydrogens (tertiary/aromatic N) is 2. The van der Waals surface area contributed by atoms with Crippen LogP contribution in [-0.2, 0) is 9.31 Å². The summed E-state index contributed by atoms with van der Waals surface area (Å²) in [5.74, 6) is 0. The minimum Gasteiger partial charge on any atom is -0.399 e. The molecule has 5 heteroatoms. The predicted molar refractivity (Wildman–Crippen MR) is 232 cm³/mol. The lowest BCUT2D eigenvalue weighted by Gasteiger charge is -2.32. The average molecular weight is 713 g/mol. The zero-order chi connectivity index (χ0) is 37.3. The zero-order valence-electron chi connectivity index (χ0n) is 31.5. The van der Waals surface area contributed by atoms with E-state index in [0.29, 0.717) is 0 Å². The Morgan fingerprint density at radius 1 is 0.436 bits per heavy atom. The van der Waals surface area contributed by atoms with Crippen LogP contribution < -0.4 is 10.4 Å². The van der Waals surface area contributed by atoms with Crippen LogP contribution in [0.2, 0.25) is 0 Å². The summed E-state index contributed by atoms with van der Waals surface area (Å²) in [6.07, 6.45) is 0. The van der Waals surface area contributed by atoms with Crippen LogP contribution in [0.3, 0.4) is 0 Å². The molecule has 0 amide bonds. The van der Waals surface area contributed by atoms with Crippen LogP contribution in [0, 0.1) is 0 Å². The quantitative estimate of drug-likeness (QED) is 0.127. The first-order valence-electron chi connectivity index (χ1n) is 19.1. The number of fused-ring (bicyclic) bond motifs is 6. The van der Waals surface area contributed by atoms with Crippen molar-refractivity contribution < 1.29 is 9.31 Å². The van der Waals surface area contributed by atoms with Crippen molar-refractivity contribution in [3.05, 3.63) is 176 Å². The van der Waals surface area contributed by atoms with Gasteiger partial charge in [0.15, 0.2) is 0 Å². The highest BCUT2D eigenvalue weighted by Crippen LogP contribution is 2.41. The Balaban J connectivity index is 1.09. The maximum atomic E-state index is 6.39. The van der Waals surface area contributed by atoms with Gasteiger partial charge in [-0.2, -0.15) is 0 Å². The number of rotatable bonds is 6. The van der Waals surface area contributed by atoms with E-state index in [0.717, 1.165) is 28.2 Å². The fourth-order valence-corrected chi connectivity index (χ4v) is 8.19. The summed E-state index contributed by atoms with van der Waals surface area (Å²) in [5.41, 5.74) is 9.42. The topological polar surface area (TPSA) is 26.6 Å². The molecule has 55 heavy (non-hydrogen) atoms. The van der Waals surface area contributed by atoms with E-state index in [1.807, 2.05) is 0 Å². The van der Waals surface area contributed by atoms with Crippen molar-refractivity contribution in [3.63, 3.8) is 0 Å². The van der Waals surface area contributed by atoms with Gasteiger partial charge in [0.2, 0.25) is 0 Å². The third kappa shape index (κ3) is 5.62. The summed E-state index contributed by atoms with van der Waals surface area (Å²) in [4.78, 5) is 2.37. The van der Waals surface area contributed by atoms with Crippen LogP contribution in [-0.4, -0.2) is 22.9 Å². The fourth-order valence-electron chi connectivity index (χ4n) is 8.19. The number of anilines is 3. The lowest BCUT2D eigenvalue weighted by Crippen LogP contribution is -2.41. The second kappa shape index (κ2) is 12.7. The molecule has 0 aliphatic carbocycles. The zero-order valence-corrected chi connectivity index (χ0v) is 31.5. The van der Waals surface area contributed by atoms with Crippen molar-refractivity contribution in [3.8, 4) is 16.8 Å². The van der Waals surface area contributed by atoms with Gasteiger partial charge in [-0.05, 0) is 120 Å². The molecule has 0 N–H and O–H groups in total. The number of aromatic nitrogens is 1. The molecule has 1 saturated heterocycles. The van der Waals surface area contributed by atoms with Gasteiger partial charge in [-0.3, -0.25) is 0 Å². The van der Waals surface area contributed by atoms with Crippen LogP contribution >= 0.6 is 0 Å². The van der Waals surface area contributed by atoms with Crippen molar-refractivity contribution in [1.82, 2.24) is 4.57 Å². The van der Waals surface area contributed by atoms with Crippen LogP contribution in [0.15, 0.2) is 176 Å².